The number of nitrogens with one attached hydrogen (secondary N) is 1. The van der Waals surface area contributed by atoms with Crippen molar-refractivity contribution >= 4 is 28.2 Å². The van der Waals surface area contributed by atoms with E-state index < -0.39 is 5.97 Å². The van der Waals surface area contributed by atoms with E-state index in [0.717, 1.165) is 12.0 Å². The van der Waals surface area contributed by atoms with Crippen LogP contribution in [0.5, 0.6) is 5.75 Å². The SMILES string of the molecule is CCOC(=O)c1c(-c2ccc(F)cc2)csc1NC(=O)COc1ccccc1CC. The average molecular weight is 427 g/mol. The van der Waals surface area contributed by atoms with Crippen LogP contribution >= 0.6 is 11.3 Å². The molecule has 0 radical (unpaired) electrons. The molecule has 1 amide bonds. The number of anilines is 1. The van der Waals surface area contributed by atoms with Crippen molar-refractivity contribution in [1.29, 1.82) is 0 Å². The lowest BCUT2D eigenvalue weighted by Crippen LogP contribution is -2.21. The van der Waals surface area contributed by atoms with Crippen LogP contribution in [0.3, 0.4) is 0 Å². The van der Waals surface area contributed by atoms with Crippen molar-refractivity contribution in [2.45, 2.75) is 20.3 Å². The molecule has 0 spiro atoms. The first kappa shape index (κ1) is 21.5. The molecule has 0 bridgehead atoms. The second-order valence-corrected chi connectivity index (χ2v) is 7.26. The van der Waals surface area contributed by atoms with Gasteiger partial charge >= 0.3 is 5.97 Å². The van der Waals surface area contributed by atoms with Gasteiger partial charge in [-0.25, -0.2) is 9.18 Å². The number of rotatable bonds is 8. The average Bonchev–Trinajstić information content (AvgIpc) is 3.16. The zero-order valence-electron chi connectivity index (χ0n) is 16.7. The van der Waals surface area contributed by atoms with E-state index >= 15 is 0 Å². The van der Waals surface area contributed by atoms with Gasteiger partial charge in [0.25, 0.3) is 5.91 Å². The van der Waals surface area contributed by atoms with Crippen LogP contribution in [0.4, 0.5) is 9.39 Å². The lowest BCUT2D eigenvalue weighted by atomic mass is 10.0. The van der Waals surface area contributed by atoms with Crippen LogP contribution in [-0.2, 0) is 16.0 Å². The first-order chi connectivity index (χ1) is 14.5. The topological polar surface area (TPSA) is 64.6 Å². The standard InChI is InChI=1S/C23H22FNO4S/c1-3-15-7-5-6-8-19(15)29-13-20(26)25-22-21(23(27)28-4-2)18(14-30-22)16-9-11-17(24)12-10-16/h5-12,14H,3-4,13H2,1-2H3,(H,25,26). The lowest BCUT2D eigenvalue weighted by molar-refractivity contribution is -0.118. The second-order valence-electron chi connectivity index (χ2n) is 6.38. The van der Waals surface area contributed by atoms with Crippen LogP contribution in [-0.4, -0.2) is 25.1 Å². The number of hydrogen-bond donors (Lipinski definition) is 1. The molecule has 1 aromatic heterocycles. The Balaban J connectivity index is 1.80. The first-order valence-corrected chi connectivity index (χ1v) is 10.5. The summed E-state index contributed by atoms with van der Waals surface area (Å²) in [5.41, 5.74) is 2.48. The Morgan fingerprint density at radius 2 is 1.80 bits per heavy atom. The van der Waals surface area contributed by atoms with E-state index in [1.54, 1.807) is 24.4 Å². The van der Waals surface area contributed by atoms with E-state index in [2.05, 4.69) is 5.32 Å². The quantitative estimate of drug-likeness (QED) is 0.495. The highest BCUT2D eigenvalue weighted by Gasteiger charge is 2.23. The van der Waals surface area contributed by atoms with Gasteiger partial charge in [-0.05, 0) is 42.7 Å². The van der Waals surface area contributed by atoms with Gasteiger partial charge in [0.1, 0.15) is 22.1 Å². The molecular formula is C23H22FNO4S. The zero-order valence-corrected chi connectivity index (χ0v) is 17.6. The number of amides is 1. The van der Waals surface area contributed by atoms with Crippen molar-refractivity contribution in [3.63, 3.8) is 0 Å². The minimum absolute atomic E-state index is 0.191. The maximum absolute atomic E-state index is 13.3. The molecule has 1 heterocycles. The molecule has 1 N–H and O–H groups in total. The van der Waals surface area contributed by atoms with Crippen molar-refractivity contribution in [3.05, 3.63) is 70.9 Å². The van der Waals surface area contributed by atoms with Gasteiger partial charge in [0.2, 0.25) is 0 Å². The Labute approximate surface area is 178 Å². The van der Waals surface area contributed by atoms with Gasteiger partial charge in [0.15, 0.2) is 6.61 Å². The number of halogens is 1. The number of thiophene rings is 1. The van der Waals surface area contributed by atoms with Gasteiger partial charge in [0, 0.05) is 10.9 Å². The molecule has 30 heavy (non-hydrogen) atoms. The number of ether oxygens (including phenoxy) is 2. The largest absolute Gasteiger partial charge is 0.483 e. The van der Waals surface area contributed by atoms with Gasteiger partial charge in [-0.15, -0.1) is 11.3 Å². The Morgan fingerprint density at radius 3 is 2.50 bits per heavy atom. The second kappa shape index (κ2) is 10.0. The molecule has 0 aliphatic carbocycles. The summed E-state index contributed by atoms with van der Waals surface area (Å²) in [5.74, 6) is -0.659. The molecule has 3 rings (SSSR count). The van der Waals surface area contributed by atoms with Crippen molar-refractivity contribution in [2.24, 2.45) is 0 Å². The molecular weight excluding hydrogens is 405 g/mol. The molecule has 0 atom stereocenters. The molecule has 3 aromatic rings. The van der Waals surface area contributed by atoms with E-state index in [9.17, 15) is 14.0 Å². The number of carbonyl (C=O) groups excluding carboxylic acids is 2. The highest BCUT2D eigenvalue weighted by molar-refractivity contribution is 7.15. The Morgan fingerprint density at radius 1 is 1.07 bits per heavy atom. The number of aryl methyl sites for hydroxylation is 1. The van der Waals surface area contributed by atoms with E-state index in [4.69, 9.17) is 9.47 Å². The van der Waals surface area contributed by atoms with Crippen molar-refractivity contribution in [3.8, 4) is 16.9 Å². The minimum Gasteiger partial charge on any atom is -0.483 e. The first-order valence-electron chi connectivity index (χ1n) is 9.58. The summed E-state index contributed by atoms with van der Waals surface area (Å²) in [7, 11) is 0. The highest BCUT2D eigenvalue weighted by atomic mass is 32.1. The number of benzene rings is 2. The van der Waals surface area contributed by atoms with Crippen molar-refractivity contribution < 1.29 is 23.5 Å². The summed E-state index contributed by atoms with van der Waals surface area (Å²) in [5, 5.41) is 4.84. The van der Waals surface area contributed by atoms with Gasteiger partial charge < -0.3 is 14.8 Å². The number of esters is 1. The van der Waals surface area contributed by atoms with Crippen LogP contribution in [0.25, 0.3) is 11.1 Å². The maximum atomic E-state index is 13.3. The minimum atomic E-state index is -0.550. The third kappa shape index (κ3) is 5.04. The normalized spacial score (nSPS) is 10.5. The third-order valence-electron chi connectivity index (χ3n) is 4.39. The molecule has 0 saturated carbocycles. The fourth-order valence-electron chi connectivity index (χ4n) is 2.94. The molecule has 5 nitrogen and oxygen atoms in total. The molecule has 0 saturated heterocycles. The molecule has 0 aliphatic rings. The van der Waals surface area contributed by atoms with E-state index in [1.807, 2.05) is 31.2 Å². The molecule has 0 fully saturated rings. The molecule has 156 valence electrons. The van der Waals surface area contributed by atoms with E-state index in [0.29, 0.717) is 21.9 Å². The van der Waals surface area contributed by atoms with Crippen LogP contribution in [0.15, 0.2) is 53.9 Å². The van der Waals surface area contributed by atoms with E-state index in [-0.39, 0.29) is 30.5 Å². The molecule has 0 aliphatic heterocycles. The van der Waals surface area contributed by atoms with Crippen molar-refractivity contribution in [2.75, 3.05) is 18.5 Å². The number of para-hydroxylation sites is 1. The fourth-order valence-corrected chi connectivity index (χ4v) is 3.91. The summed E-state index contributed by atoms with van der Waals surface area (Å²) in [4.78, 5) is 25.0. The van der Waals surface area contributed by atoms with E-state index in [1.165, 1.54) is 23.5 Å². The van der Waals surface area contributed by atoms with Gasteiger partial charge in [-0.2, -0.15) is 0 Å². The maximum Gasteiger partial charge on any atom is 0.341 e. The van der Waals surface area contributed by atoms with Gasteiger partial charge in [-0.1, -0.05) is 37.3 Å². The molecule has 2 aromatic carbocycles. The van der Waals surface area contributed by atoms with Gasteiger partial charge in [-0.3, -0.25) is 4.79 Å². The van der Waals surface area contributed by atoms with Crippen LogP contribution in [0.2, 0.25) is 0 Å². The highest BCUT2D eigenvalue weighted by Crippen LogP contribution is 2.36. The number of carbonyl (C=O) groups is 2. The Bertz CT molecular complexity index is 1030. The van der Waals surface area contributed by atoms with Crippen molar-refractivity contribution in [1.82, 2.24) is 0 Å². The van der Waals surface area contributed by atoms with Gasteiger partial charge in [0.05, 0.1) is 6.61 Å². The summed E-state index contributed by atoms with van der Waals surface area (Å²) < 4.78 is 24.1. The third-order valence-corrected chi connectivity index (χ3v) is 5.29. The monoisotopic (exact) mass is 427 g/mol. The fraction of sp³-hybridized carbons (Fsp3) is 0.217. The predicted molar refractivity (Wildman–Crippen MR) is 116 cm³/mol. The lowest BCUT2D eigenvalue weighted by Gasteiger charge is -2.11. The number of hydrogen-bond acceptors (Lipinski definition) is 5. The molecule has 7 heteroatoms. The van der Waals surface area contributed by atoms with Crippen LogP contribution < -0.4 is 10.1 Å². The molecule has 0 unspecified atom stereocenters. The summed E-state index contributed by atoms with van der Waals surface area (Å²) >= 11 is 1.20. The summed E-state index contributed by atoms with van der Waals surface area (Å²) in [6.07, 6.45) is 0.788. The summed E-state index contributed by atoms with van der Waals surface area (Å²) in [6.45, 7) is 3.72. The Kier molecular flexibility index (Phi) is 7.19. The zero-order chi connectivity index (χ0) is 21.5. The van der Waals surface area contributed by atoms with Crippen LogP contribution in [0.1, 0.15) is 29.8 Å². The Hall–Kier alpha value is -3.19. The van der Waals surface area contributed by atoms with Crippen LogP contribution in [0, 0.1) is 5.82 Å². The summed E-state index contributed by atoms with van der Waals surface area (Å²) in [6, 6.07) is 13.3. The predicted octanol–water partition coefficient (Wildman–Crippen LogP) is 5.31. The smallest absolute Gasteiger partial charge is 0.341 e.